The van der Waals surface area contributed by atoms with Gasteiger partial charge in [0.2, 0.25) is 5.91 Å². The number of alkyl halides is 4. The topological polar surface area (TPSA) is 73.3 Å². The van der Waals surface area contributed by atoms with Crippen LogP contribution in [0.3, 0.4) is 0 Å². The van der Waals surface area contributed by atoms with E-state index in [0.29, 0.717) is 29.0 Å². The molecule has 1 heterocycles. The molecular formula is C30H37F4N3O3. The molecule has 0 aromatic carbocycles. The summed E-state index contributed by atoms with van der Waals surface area (Å²) in [6, 6.07) is 0. The highest BCUT2D eigenvalue weighted by Crippen LogP contribution is 2.26. The van der Waals surface area contributed by atoms with Gasteiger partial charge in [0.25, 0.3) is 0 Å². The Morgan fingerprint density at radius 3 is 2.27 bits per heavy atom. The number of rotatable bonds is 15. The van der Waals surface area contributed by atoms with Crippen molar-refractivity contribution in [2.45, 2.75) is 79.6 Å². The number of carbonyl (C=O) groups excluding carboxylic acids is 1. The second-order valence-electron chi connectivity index (χ2n) is 9.51. The highest BCUT2D eigenvalue weighted by molar-refractivity contribution is 5.79. The van der Waals surface area contributed by atoms with Crippen LogP contribution in [0.4, 0.5) is 17.6 Å². The summed E-state index contributed by atoms with van der Waals surface area (Å²) in [7, 11) is 0. The molecule has 1 aromatic heterocycles. The summed E-state index contributed by atoms with van der Waals surface area (Å²) in [4.78, 5) is 20.5. The second-order valence-corrected chi connectivity index (χ2v) is 9.51. The standard InChI is InChI=1S/C30H37F4N3O3/c1-6-19(2)10-12-25(15-21(4)39-29(31)32)22(5)26(40-30(33)34)13-11-20(3)14-23-16-35-27(36-17-23)18-37-28(38)24-8-7-9-24/h10-13,15-17,24,29-30H,3,6-9,14,18H2,1-2,4-5H3,(H,37,38)/b13-11-,19-10?,21-15+,25-12+,26-22-. The van der Waals surface area contributed by atoms with Gasteiger partial charge in [0, 0.05) is 18.3 Å². The number of aromatic nitrogens is 2. The monoisotopic (exact) mass is 563 g/mol. The van der Waals surface area contributed by atoms with E-state index in [4.69, 9.17) is 4.74 Å². The van der Waals surface area contributed by atoms with Crippen LogP contribution in [0.2, 0.25) is 0 Å². The fraction of sp³-hybridized carbons (Fsp3) is 0.433. The van der Waals surface area contributed by atoms with E-state index >= 15 is 0 Å². The zero-order chi connectivity index (χ0) is 29.7. The predicted octanol–water partition coefficient (Wildman–Crippen LogP) is 7.49. The molecule has 0 spiro atoms. The van der Waals surface area contributed by atoms with Gasteiger partial charge in [0.15, 0.2) is 0 Å². The minimum absolute atomic E-state index is 0.0179. The van der Waals surface area contributed by atoms with Gasteiger partial charge in [-0.15, -0.1) is 0 Å². The zero-order valence-corrected chi connectivity index (χ0v) is 23.4. The molecule has 0 radical (unpaired) electrons. The molecule has 1 N–H and O–H groups in total. The van der Waals surface area contributed by atoms with Crippen LogP contribution in [-0.2, 0) is 27.2 Å². The molecule has 1 fully saturated rings. The maximum absolute atomic E-state index is 13.3. The Labute approximate surface area is 233 Å². The van der Waals surface area contributed by atoms with Gasteiger partial charge in [-0.2, -0.15) is 17.6 Å². The molecule has 0 aliphatic heterocycles. The SMILES string of the molecule is C=C(\C=C/C(OC(F)F)=C(C)/C(/C=C(\C)OC(F)F)=C/C=C(C)CC)Cc1cnc(CNC(=O)C2CCC2)nc1. The van der Waals surface area contributed by atoms with Gasteiger partial charge in [-0.05, 0) is 75.3 Å². The third-order valence-electron chi connectivity index (χ3n) is 6.31. The molecule has 1 aliphatic carbocycles. The summed E-state index contributed by atoms with van der Waals surface area (Å²) >= 11 is 0. The second kappa shape index (κ2) is 16.4. The molecule has 0 saturated heterocycles. The fourth-order valence-corrected chi connectivity index (χ4v) is 3.58. The zero-order valence-electron chi connectivity index (χ0n) is 23.4. The van der Waals surface area contributed by atoms with Gasteiger partial charge in [-0.25, -0.2) is 9.97 Å². The molecule has 1 aromatic rings. The Bertz CT molecular complexity index is 1170. The Hall–Kier alpha value is -3.69. The highest BCUT2D eigenvalue weighted by Gasteiger charge is 2.24. The number of nitrogens with zero attached hydrogens (tertiary/aromatic N) is 2. The van der Waals surface area contributed by atoms with Crippen molar-refractivity contribution in [1.82, 2.24) is 15.3 Å². The number of ether oxygens (including phenoxy) is 2. The van der Waals surface area contributed by atoms with Crippen molar-refractivity contribution in [2.75, 3.05) is 0 Å². The van der Waals surface area contributed by atoms with Crippen molar-refractivity contribution in [3.63, 3.8) is 0 Å². The normalized spacial score (nSPS) is 15.8. The maximum Gasteiger partial charge on any atom is 0.387 e. The first-order valence-corrected chi connectivity index (χ1v) is 13.1. The number of carbonyl (C=O) groups is 1. The summed E-state index contributed by atoms with van der Waals surface area (Å²) in [5.74, 6) is 0.346. The van der Waals surface area contributed by atoms with E-state index in [9.17, 15) is 22.4 Å². The third-order valence-corrected chi connectivity index (χ3v) is 6.31. The molecule has 0 unspecified atom stereocenters. The first-order chi connectivity index (χ1) is 19.0. The van der Waals surface area contributed by atoms with Crippen molar-refractivity contribution in [3.8, 4) is 0 Å². The minimum Gasteiger partial charge on any atom is -0.440 e. The van der Waals surface area contributed by atoms with Crippen LogP contribution in [0.5, 0.6) is 0 Å². The van der Waals surface area contributed by atoms with Crippen LogP contribution in [0, 0.1) is 5.92 Å². The van der Waals surface area contributed by atoms with Gasteiger partial charge < -0.3 is 14.8 Å². The molecule has 40 heavy (non-hydrogen) atoms. The number of hydrogen-bond acceptors (Lipinski definition) is 5. The smallest absolute Gasteiger partial charge is 0.387 e. The van der Waals surface area contributed by atoms with E-state index in [0.717, 1.165) is 36.8 Å². The van der Waals surface area contributed by atoms with Crippen LogP contribution < -0.4 is 5.32 Å². The molecule has 0 atom stereocenters. The summed E-state index contributed by atoms with van der Waals surface area (Å²) < 4.78 is 61.1. The van der Waals surface area contributed by atoms with Crippen molar-refractivity contribution < 1.29 is 31.8 Å². The number of nitrogens with one attached hydrogen (secondary N) is 1. The third kappa shape index (κ3) is 11.6. The minimum atomic E-state index is -3.11. The van der Waals surface area contributed by atoms with E-state index in [1.807, 2.05) is 13.8 Å². The van der Waals surface area contributed by atoms with Gasteiger partial charge in [0.05, 0.1) is 6.54 Å². The maximum atomic E-state index is 13.3. The first-order valence-electron chi connectivity index (χ1n) is 13.1. The molecule has 1 saturated carbocycles. The molecule has 2 rings (SSSR count). The van der Waals surface area contributed by atoms with E-state index in [1.165, 1.54) is 25.2 Å². The largest absolute Gasteiger partial charge is 0.440 e. The highest BCUT2D eigenvalue weighted by atomic mass is 19.3. The predicted molar refractivity (Wildman–Crippen MR) is 146 cm³/mol. The van der Waals surface area contributed by atoms with Gasteiger partial charge in [-0.3, -0.25) is 4.79 Å². The van der Waals surface area contributed by atoms with Crippen LogP contribution in [-0.4, -0.2) is 29.1 Å². The van der Waals surface area contributed by atoms with Crippen molar-refractivity contribution in [3.05, 3.63) is 94.6 Å². The lowest BCUT2D eigenvalue weighted by Crippen LogP contribution is -2.34. The van der Waals surface area contributed by atoms with Crippen molar-refractivity contribution >= 4 is 5.91 Å². The fourth-order valence-electron chi connectivity index (χ4n) is 3.58. The van der Waals surface area contributed by atoms with Crippen LogP contribution in [0.25, 0.3) is 0 Å². The van der Waals surface area contributed by atoms with E-state index in [2.05, 4.69) is 26.6 Å². The summed E-state index contributed by atoms with van der Waals surface area (Å²) in [5, 5.41) is 2.84. The average molecular weight is 564 g/mol. The van der Waals surface area contributed by atoms with Crippen LogP contribution in [0.1, 0.15) is 64.8 Å². The van der Waals surface area contributed by atoms with Crippen molar-refractivity contribution in [1.29, 1.82) is 0 Å². The molecule has 10 heteroatoms. The number of allylic oxidation sites excluding steroid dienone is 10. The molecule has 1 aliphatic rings. The summed E-state index contributed by atoms with van der Waals surface area (Å²) in [5.41, 5.74) is 2.96. The first kappa shape index (κ1) is 32.5. The lowest BCUT2D eigenvalue weighted by atomic mass is 9.85. The lowest BCUT2D eigenvalue weighted by Gasteiger charge is -2.23. The number of halogens is 4. The Morgan fingerprint density at radius 1 is 1.07 bits per heavy atom. The molecule has 0 bridgehead atoms. The molecule has 6 nitrogen and oxygen atoms in total. The van der Waals surface area contributed by atoms with Crippen LogP contribution in [0.15, 0.2) is 83.2 Å². The Morgan fingerprint density at radius 2 is 1.73 bits per heavy atom. The van der Waals surface area contributed by atoms with E-state index in [1.54, 1.807) is 31.5 Å². The molecule has 1 amide bonds. The van der Waals surface area contributed by atoms with E-state index in [-0.39, 0.29) is 29.9 Å². The molecule has 218 valence electrons. The number of hydrogen-bond donors (Lipinski definition) is 1. The number of amides is 1. The van der Waals surface area contributed by atoms with Crippen LogP contribution >= 0.6 is 0 Å². The summed E-state index contributed by atoms with van der Waals surface area (Å²) in [6.45, 7) is 4.84. The van der Waals surface area contributed by atoms with Gasteiger partial charge >= 0.3 is 13.2 Å². The quantitative estimate of drug-likeness (QED) is 0.136. The average Bonchev–Trinajstić information content (AvgIpc) is 2.86. The van der Waals surface area contributed by atoms with E-state index < -0.39 is 13.2 Å². The lowest BCUT2D eigenvalue weighted by molar-refractivity contribution is -0.127. The summed E-state index contributed by atoms with van der Waals surface area (Å²) in [6.07, 6.45) is 14.9. The van der Waals surface area contributed by atoms with Crippen molar-refractivity contribution in [2.24, 2.45) is 5.92 Å². The Balaban J connectivity index is 2.18. The van der Waals surface area contributed by atoms with Gasteiger partial charge in [0.1, 0.15) is 17.3 Å². The molecular weight excluding hydrogens is 526 g/mol. The Kier molecular flexibility index (Phi) is 13.4. The van der Waals surface area contributed by atoms with Gasteiger partial charge in [-0.1, -0.05) is 49.3 Å².